The zero-order valence-electron chi connectivity index (χ0n) is 78.9. The van der Waals surface area contributed by atoms with E-state index < -0.39 is 247 Å². The highest BCUT2D eigenvalue weighted by atomic mass is 32.2. The monoisotopic (exact) mass is 1940 g/mol. The van der Waals surface area contributed by atoms with Gasteiger partial charge in [-0.15, -0.1) is 11.8 Å². The number of nitrogens with one attached hydrogen (secondary N) is 16. The number of rotatable bonds is 26. The molecule has 8 rings (SSSR count). The number of nitrogens with two attached hydrogens (primary N) is 3. The number of nitrogens with zero attached hydrogens (tertiary/aromatic N) is 2. The van der Waals surface area contributed by atoms with Crippen LogP contribution in [0.4, 0.5) is 0 Å². The van der Waals surface area contributed by atoms with Gasteiger partial charge in [0.05, 0.1) is 25.3 Å². The molecule has 746 valence electrons. The van der Waals surface area contributed by atoms with Crippen LogP contribution in [-0.2, 0) is 114 Å². The summed E-state index contributed by atoms with van der Waals surface area (Å²) in [6.07, 6.45) is -1.35. The molecule has 14 atom stereocenters. The van der Waals surface area contributed by atoms with Crippen LogP contribution in [0, 0.1) is 23.2 Å². The van der Waals surface area contributed by atoms with Gasteiger partial charge in [0.25, 0.3) is 0 Å². The number of hydrogen-bond acceptors (Lipinski definition) is 22. The number of aliphatic hydroxyl groups excluding tert-OH is 1. The summed E-state index contributed by atoms with van der Waals surface area (Å²) in [4.78, 5) is 254. The molecule has 16 amide bonds. The second-order valence-electron chi connectivity index (χ2n) is 35.1. The molecule has 0 aliphatic carbocycles. The van der Waals surface area contributed by atoms with Crippen LogP contribution in [0.3, 0.4) is 0 Å². The highest BCUT2D eigenvalue weighted by Crippen LogP contribution is 2.25. The molecule has 1 aliphatic heterocycles. The molecule has 2 heterocycles. The van der Waals surface area contributed by atoms with Gasteiger partial charge >= 0.3 is 5.97 Å². The lowest BCUT2D eigenvalue weighted by molar-refractivity contribution is -0.148. The molecule has 25 N–H and O–H groups in total. The Balaban J connectivity index is 1.21. The average molecular weight is 1940 g/mol. The molecule has 0 spiro atoms. The third-order valence-corrected chi connectivity index (χ3v) is 24.2. The minimum absolute atomic E-state index is 0.00267. The van der Waals surface area contributed by atoms with Crippen LogP contribution in [0.25, 0.3) is 22.0 Å². The molecule has 1 saturated heterocycles. The fourth-order valence-corrected chi connectivity index (χ4v) is 16.2. The molecule has 6 aromatic carbocycles. The van der Waals surface area contributed by atoms with Crippen molar-refractivity contribution in [2.24, 2.45) is 35.0 Å². The minimum Gasteiger partial charge on any atom is -0.508 e. The van der Waals surface area contributed by atoms with Gasteiger partial charge < -0.3 is 122 Å². The molecular weight excluding hydrogens is 1810 g/mol. The lowest BCUT2D eigenvalue weighted by Gasteiger charge is -2.35. The Morgan fingerprint density at radius 3 is 1.45 bits per heavy atom. The number of carbonyl (C=O) groups is 17. The number of guanidine groups is 1. The van der Waals surface area contributed by atoms with Gasteiger partial charge in [-0.25, -0.2) is 0 Å². The van der Waals surface area contributed by atoms with Gasteiger partial charge in [0.15, 0.2) is 5.96 Å². The van der Waals surface area contributed by atoms with Gasteiger partial charge in [0, 0.05) is 82.1 Å². The largest absolute Gasteiger partial charge is 0.508 e. The number of aromatic nitrogens is 1. The number of carbonyl (C=O) groups excluding carboxylic acids is 16. The number of carboxylic acid groups (broad SMARTS) is 1. The second kappa shape index (κ2) is 53.6. The van der Waals surface area contributed by atoms with Crippen molar-refractivity contribution in [3.63, 3.8) is 0 Å². The van der Waals surface area contributed by atoms with E-state index in [9.17, 15) is 48.9 Å². The molecule has 0 radical (unpaired) electrons. The van der Waals surface area contributed by atoms with Crippen LogP contribution in [-0.4, -0.2) is 273 Å². The van der Waals surface area contributed by atoms with Crippen molar-refractivity contribution in [2.75, 3.05) is 51.8 Å². The lowest BCUT2D eigenvalue weighted by atomic mass is 9.98. The molecule has 41 nitrogen and oxygen atoms in total. The van der Waals surface area contributed by atoms with E-state index in [1.54, 1.807) is 143 Å². The summed E-state index contributed by atoms with van der Waals surface area (Å²) in [6.45, 7) is 8.53. The number of phenolic OH excluding ortho intramolecular Hbond substituents is 1. The number of primary amides is 1. The predicted molar refractivity (Wildman–Crippen MR) is 518 cm³/mol. The third-order valence-electron chi connectivity index (χ3n) is 23.2. The van der Waals surface area contributed by atoms with Crippen LogP contribution in [0.1, 0.15) is 102 Å². The first kappa shape index (κ1) is 110. The molecular formula is C97H127N21O20S. The van der Waals surface area contributed by atoms with E-state index in [-0.39, 0.29) is 63.2 Å². The number of para-hydroxylation sites is 1. The zero-order chi connectivity index (χ0) is 102. The Bertz CT molecular complexity index is 5450. The van der Waals surface area contributed by atoms with Crippen LogP contribution in [0.5, 0.6) is 5.75 Å². The maximum absolute atomic E-state index is 15.4. The van der Waals surface area contributed by atoms with Gasteiger partial charge in [-0.2, -0.15) is 0 Å². The van der Waals surface area contributed by atoms with Gasteiger partial charge in [0.2, 0.25) is 94.5 Å². The molecule has 1 fully saturated rings. The van der Waals surface area contributed by atoms with Crippen LogP contribution >= 0.6 is 11.8 Å². The summed E-state index contributed by atoms with van der Waals surface area (Å²) in [5.74, 6) is -21.6. The fourth-order valence-electron chi connectivity index (χ4n) is 15.4. The van der Waals surface area contributed by atoms with Crippen molar-refractivity contribution in [1.29, 1.82) is 5.41 Å². The van der Waals surface area contributed by atoms with E-state index in [0.29, 0.717) is 50.5 Å². The smallest absolute Gasteiger partial charge is 0.305 e. The molecule has 0 unspecified atom stereocenters. The topological polar surface area (TPSA) is 643 Å². The van der Waals surface area contributed by atoms with Crippen LogP contribution in [0.15, 0.2) is 170 Å². The van der Waals surface area contributed by atoms with Crippen molar-refractivity contribution in [1.82, 2.24) is 89.2 Å². The molecule has 1 aromatic heterocycles. The molecule has 42 heteroatoms. The minimum atomic E-state index is -2.07. The summed E-state index contributed by atoms with van der Waals surface area (Å²) in [5.41, 5.74) is 21.8. The summed E-state index contributed by atoms with van der Waals surface area (Å²) < 4.78 is 0. The van der Waals surface area contributed by atoms with Crippen molar-refractivity contribution in [3.05, 3.63) is 198 Å². The SMILES string of the molecule is CC(C)C[C@@H]1NC(=O)[C@H](CCCNC(=N)N)NC(=O)[C@H](Cc2ccccc2)N(C)C(=O)[C@H](C)N(C)C(=O)[C@H](CN)NC(=O)[C@H](Cc2ccc(-c3ccccc3)cc2)NC(=O)[C@H](C(C)C)NC(=O)[C@H](Cc2c[nH]c3ccccc23)NC(=O)[C@H](CC(=O)O)NC(=O)[C@H](Cc2ccc(O)cc2)NC(=O)[C@H](Cc2ccccc2)NC(=O)CSC[C@@H](C(=O)NCC(N)=O)NC(=O)[C@H](CO)NC(=O)[C@H](C(C)C)NC1=O. The summed E-state index contributed by atoms with van der Waals surface area (Å²) in [7, 11) is 2.55. The van der Waals surface area contributed by atoms with E-state index in [1.165, 1.54) is 59.1 Å². The fraction of sp³-hybridized carbons (Fsp3) is 0.423. The number of benzene rings is 6. The molecule has 1 aliphatic rings. The number of aromatic amines is 1. The Hall–Kier alpha value is -14.8. The number of fused-ring (bicyclic) bond motifs is 1. The quantitative estimate of drug-likeness (QED) is 0.0175. The van der Waals surface area contributed by atoms with Crippen molar-refractivity contribution in [3.8, 4) is 16.9 Å². The van der Waals surface area contributed by atoms with Gasteiger partial charge in [-0.05, 0) is 101 Å². The van der Waals surface area contributed by atoms with E-state index in [4.69, 9.17) is 22.6 Å². The normalized spacial score (nSPS) is 22.8. The Kier molecular flexibility index (Phi) is 42.3. The highest BCUT2D eigenvalue weighted by Gasteiger charge is 2.42. The molecule has 0 bridgehead atoms. The van der Waals surface area contributed by atoms with Crippen LogP contribution in [0.2, 0.25) is 0 Å². The number of H-pyrrole nitrogens is 1. The Morgan fingerprint density at radius 1 is 0.475 bits per heavy atom. The Labute approximate surface area is 808 Å². The number of aliphatic hydroxyl groups is 1. The van der Waals surface area contributed by atoms with E-state index in [1.807, 2.05) is 30.3 Å². The lowest BCUT2D eigenvalue weighted by Crippen LogP contribution is -2.62. The first-order chi connectivity index (χ1) is 66.1. The van der Waals surface area contributed by atoms with Crippen molar-refractivity contribution < 1.29 is 96.8 Å². The summed E-state index contributed by atoms with van der Waals surface area (Å²) in [5, 5.41) is 76.3. The van der Waals surface area contributed by atoms with E-state index >= 15 is 47.9 Å². The first-order valence-corrected chi connectivity index (χ1v) is 46.7. The van der Waals surface area contributed by atoms with E-state index in [0.717, 1.165) is 20.9 Å². The summed E-state index contributed by atoms with van der Waals surface area (Å²) in [6, 6.07) is 22.2. The van der Waals surface area contributed by atoms with Crippen molar-refractivity contribution in [2.45, 2.75) is 191 Å². The number of thioether (sulfide) groups is 1. The first-order valence-electron chi connectivity index (χ1n) is 45.6. The summed E-state index contributed by atoms with van der Waals surface area (Å²) >= 11 is 0.708. The number of phenols is 1. The molecule has 139 heavy (non-hydrogen) atoms. The number of amides is 16. The number of aliphatic carboxylic acids is 1. The van der Waals surface area contributed by atoms with Crippen LogP contribution < -0.4 is 91.6 Å². The van der Waals surface area contributed by atoms with E-state index in [2.05, 4.69) is 79.4 Å². The van der Waals surface area contributed by atoms with Crippen molar-refractivity contribution >= 4 is 129 Å². The van der Waals surface area contributed by atoms with Gasteiger partial charge in [-0.3, -0.25) is 86.9 Å². The maximum Gasteiger partial charge on any atom is 0.305 e. The molecule has 0 saturated carbocycles. The molecule has 7 aromatic rings. The zero-order valence-corrected chi connectivity index (χ0v) is 79.7. The standard InChI is InChI=1S/C97H127N21O20S/c1-53(2)40-68-89(131)115-82(55(5)6)94(136)113-75(50-119)91(133)114-76(83(125)104-49-78(99)121)51-139-52-79(122)105-69(41-57-22-13-10-14-23-57)85(127)108-70(43-60-33-37-64(120)38-34-60)86(128)110-73(46-80(123)124)88(130)109-72(45-63-48-103-66-29-20-19-28-65(63)66)90(132)116-81(54(3)4)93(135)111-71(42-59-31-35-62(36-32-59)61-26-17-12-18-27-61)87(129)112-74(47-98)96(138)117(8)56(7)95(137)118(9)77(44-58-24-15-11-16-25-58)92(134)106-67(84(126)107-68)30-21-39-102-97(100)101/h10-20,22-29,31-38,48,53-56,67-77,81-82,103,119-120H,21,30,39-47,49-52,98H2,1-9H3,(H2,99,121)(H,104,125)(H,105,122)(H,106,134)(H,107,126)(H,108,127)(H,109,130)(H,110,128)(H,111,135)(H,112,129)(H,113,136)(H,114,133)(H,115,131)(H,116,132)(H,123,124)(H4,100,101,102)/t56-,67-,68-,69-,70-,71-,72-,73-,74-,75-,76-,77-,81-,82-/m0/s1. The highest BCUT2D eigenvalue weighted by molar-refractivity contribution is 8.00. The van der Waals surface area contributed by atoms with Gasteiger partial charge in [-0.1, -0.05) is 187 Å². The number of hydrogen-bond donors (Lipinski definition) is 22. The maximum atomic E-state index is 15.4. The third kappa shape index (κ3) is 33.9. The predicted octanol–water partition coefficient (Wildman–Crippen LogP) is -1.06. The number of likely N-dealkylation sites (N-methyl/N-ethyl adjacent to an activating group) is 2. The number of carboxylic acids is 1. The second-order valence-corrected chi connectivity index (χ2v) is 36.2. The van der Waals surface area contributed by atoms with Gasteiger partial charge in [0.1, 0.15) is 90.3 Å². The number of aromatic hydroxyl groups is 1. The Morgan fingerprint density at radius 2 is 0.914 bits per heavy atom. The average Bonchev–Trinajstić information content (AvgIpc) is 1.76.